The molecular weight excluding hydrogens is 212 g/mol. The summed E-state index contributed by atoms with van der Waals surface area (Å²) in [5.74, 6) is 0.635. The number of halogens is 1. The van der Waals surface area contributed by atoms with Crippen LogP contribution < -0.4 is 11.1 Å². The van der Waals surface area contributed by atoms with E-state index >= 15 is 0 Å². The number of aromatic nitrogens is 2. The molecule has 1 heterocycles. The molecule has 1 atom stereocenters. The molecule has 1 rings (SSSR count). The largest absolute Gasteiger partial charge is 0.394 e. The molecule has 0 spiro atoms. The fourth-order valence-corrected chi connectivity index (χ4v) is 1.54. The van der Waals surface area contributed by atoms with E-state index in [9.17, 15) is 0 Å². The van der Waals surface area contributed by atoms with Gasteiger partial charge in [-0.05, 0) is 24.4 Å². The zero-order valence-electron chi connectivity index (χ0n) is 9.13. The standard InChI is InChI=1S/C10H17ClN4/c1-3-5-7(4-2)14-9-8(12)6-13-10(11)15-9/h6-7H,3-5,12H2,1-2H3,(H,13,14,15). The lowest BCUT2D eigenvalue weighted by Crippen LogP contribution is -2.19. The molecule has 0 bridgehead atoms. The van der Waals surface area contributed by atoms with Crippen molar-refractivity contribution in [3.05, 3.63) is 11.5 Å². The van der Waals surface area contributed by atoms with E-state index in [4.69, 9.17) is 17.3 Å². The number of rotatable bonds is 5. The molecule has 84 valence electrons. The fourth-order valence-electron chi connectivity index (χ4n) is 1.41. The van der Waals surface area contributed by atoms with Gasteiger partial charge in [0.05, 0.1) is 11.9 Å². The molecule has 1 aromatic heterocycles. The lowest BCUT2D eigenvalue weighted by atomic mass is 10.1. The number of hydrogen-bond donors (Lipinski definition) is 2. The summed E-state index contributed by atoms with van der Waals surface area (Å²) in [4.78, 5) is 7.87. The Morgan fingerprint density at radius 2 is 2.27 bits per heavy atom. The summed E-state index contributed by atoms with van der Waals surface area (Å²) < 4.78 is 0. The van der Waals surface area contributed by atoms with Crippen LogP contribution in [0.5, 0.6) is 0 Å². The molecule has 0 amide bonds. The molecule has 0 aliphatic heterocycles. The van der Waals surface area contributed by atoms with Crippen LogP contribution in [0.2, 0.25) is 5.28 Å². The van der Waals surface area contributed by atoms with Crippen molar-refractivity contribution in [1.29, 1.82) is 0 Å². The molecule has 0 radical (unpaired) electrons. The predicted molar refractivity (Wildman–Crippen MR) is 64.1 cm³/mol. The van der Waals surface area contributed by atoms with E-state index < -0.39 is 0 Å². The summed E-state index contributed by atoms with van der Waals surface area (Å²) in [5.41, 5.74) is 6.28. The van der Waals surface area contributed by atoms with Gasteiger partial charge in [0.1, 0.15) is 0 Å². The Bertz CT molecular complexity index is 316. The second kappa shape index (κ2) is 5.75. The van der Waals surface area contributed by atoms with Crippen molar-refractivity contribution >= 4 is 23.1 Å². The van der Waals surface area contributed by atoms with Crippen molar-refractivity contribution in [2.24, 2.45) is 0 Å². The minimum absolute atomic E-state index is 0.220. The van der Waals surface area contributed by atoms with E-state index in [0.717, 1.165) is 19.3 Å². The number of nitrogens with zero attached hydrogens (tertiary/aromatic N) is 2. The van der Waals surface area contributed by atoms with Crippen LogP contribution in [0, 0.1) is 0 Å². The maximum atomic E-state index is 5.74. The molecule has 3 N–H and O–H groups in total. The average Bonchev–Trinajstić information content (AvgIpc) is 2.22. The van der Waals surface area contributed by atoms with Crippen molar-refractivity contribution in [2.45, 2.75) is 39.2 Å². The van der Waals surface area contributed by atoms with Gasteiger partial charge in [0.2, 0.25) is 5.28 Å². The SMILES string of the molecule is CCCC(CC)Nc1nc(Cl)ncc1N. The first-order chi connectivity index (χ1) is 7.17. The highest BCUT2D eigenvalue weighted by atomic mass is 35.5. The monoisotopic (exact) mass is 228 g/mol. The highest BCUT2D eigenvalue weighted by Gasteiger charge is 2.09. The number of hydrogen-bond acceptors (Lipinski definition) is 4. The van der Waals surface area contributed by atoms with E-state index in [1.54, 1.807) is 0 Å². The summed E-state index contributed by atoms with van der Waals surface area (Å²) in [5, 5.41) is 3.50. The normalized spacial score (nSPS) is 12.5. The van der Waals surface area contributed by atoms with Crippen LogP contribution in [-0.4, -0.2) is 16.0 Å². The van der Waals surface area contributed by atoms with E-state index in [2.05, 4.69) is 29.1 Å². The topological polar surface area (TPSA) is 63.8 Å². The third-order valence-electron chi connectivity index (χ3n) is 2.26. The van der Waals surface area contributed by atoms with Gasteiger partial charge in [0.25, 0.3) is 0 Å². The molecule has 5 heteroatoms. The summed E-state index contributed by atoms with van der Waals surface area (Å²) in [6.07, 6.45) is 4.78. The first-order valence-corrected chi connectivity index (χ1v) is 5.59. The second-order valence-electron chi connectivity index (χ2n) is 3.48. The number of nitrogens with two attached hydrogens (primary N) is 1. The molecule has 15 heavy (non-hydrogen) atoms. The zero-order chi connectivity index (χ0) is 11.3. The Balaban J connectivity index is 2.73. The Morgan fingerprint density at radius 1 is 1.53 bits per heavy atom. The summed E-state index contributed by atoms with van der Waals surface area (Å²) in [6, 6.07) is 0.392. The molecule has 1 unspecified atom stereocenters. The van der Waals surface area contributed by atoms with Crippen molar-refractivity contribution in [3.8, 4) is 0 Å². The molecule has 0 aliphatic rings. The molecule has 0 saturated carbocycles. The quantitative estimate of drug-likeness (QED) is 0.761. The van der Waals surface area contributed by atoms with Gasteiger partial charge in [-0.15, -0.1) is 0 Å². The maximum absolute atomic E-state index is 5.74. The fraction of sp³-hybridized carbons (Fsp3) is 0.600. The third kappa shape index (κ3) is 3.55. The molecule has 0 saturated heterocycles. The Hall–Kier alpha value is -1.03. The number of anilines is 2. The Morgan fingerprint density at radius 3 is 2.87 bits per heavy atom. The van der Waals surface area contributed by atoms with Crippen LogP contribution in [-0.2, 0) is 0 Å². The predicted octanol–water partition coefficient (Wildman–Crippen LogP) is 2.70. The minimum atomic E-state index is 0.220. The van der Waals surface area contributed by atoms with Gasteiger partial charge in [0.15, 0.2) is 5.82 Å². The van der Waals surface area contributed by atoms with Gasteiger partial charge >= 0.3 is 0 Å². The van der Waals surface area contributed by atoms with Crippen LogP contribution >= 0.6 is 11.6 Å². The van der Waals surface area contributed by atoms with Gasteiger partial charge < -0.3 is 11.1 Å². The van der Waals surface area contributed by atoms with Gasteiger partial charge in [-0.1, -0.05) is 20.3 Å². The van der Waals surface area contributed by atoms with E-state index in [1.807, 2.05) is 0 Å². The Labute approximate surface area is 95.3 Å². The third-order valence-corrected chi connectivity index (χ3v) is 2.44. The van der Waals surface area contributed by atoms with Crippen LogP contribution in [0.4, 0.5) is 11.5 Å². The molecule has 1 aromatic rings. The van der Waals surface area contributed by atoms with Gasteiger partial charge in [0, 0.05) is 6.04 Å². The Kier molecular flexibility index (Phi) is 4.62. The van der Waals surface area contributed by atoms with Gasteiger partial charge in [-0.25, -0.2) is 4.98 Å². The van der Waals surface area contributed by atoms with Crippen LogP contribution in [0.25, 0.3) is 0 Å². The van der Waals surface area contributed by atoms with Crippen molar-refractivity contribution in [3.63, 3.8) is 0 Å². The highest BCUT2D eigenvalue weighted by molar-refractivity contribution is 6.28. The lowest BCUT2D eigenvalue weighted by molar-refractivity contribution is 0.620. The van der Waals surface area contributed by atoms with Crippen molar-refractivity contribution in [2.75, 3.05) is 11.1 Å². The van der Waals surface area contributed by atoms with Crippen LogP contribution in [0.15, 0.2) is 6.20 Å². The van der Waals surface area contributed by atoms with Crippen LogP contribution in [0.1, 0.15) is 33.1 Å². The molecular formula is C10H17ClN4. The summed E-state index contributed by atoms with van der Waals surface area (Å²) >= 11 is 5.70. The second-order valence-corrected chi connectivity index (χ2v) is 3.82. The molecule has 0 aliphatic carbocycles. The maximum Gasteiger partial charge on any atom is 0.224 e. The molecule has 0 fully saturated rings. The van der Waals surface area contributed by atoms with Gasteiger partial charge in [-0.2, -0.15) is 4.98 Å². The van der Waals surface area contributed by atoms with E-state index in [-0.39, 0.29) is 5.28 Å². The first kappa shape index (κ1) is 12.0. The summed E-state index contributed by atoms with van der Waals surface area (Å²) in [6.45, 7) is 4.28. The minimum Gasteiger partial charge on any atom is -0.394 e. The molecule has 0 aromatic carbocycles. The molecule has 4 nitrogen and oxygen atoms in total. The number of nitrogens with one attached hydrogen (secondary N) is 1. The van der Waals surface area contributed by atoms with E-state index in [1.165, 1.54) is 6.20 Å². The summed E-state index contributed by atoms with van der Waals surface area (Å²) in [7, 11) is 0. The van der Waals surface area contributed by atoms with Crippen molar-refractivity contribution < 1.29 is 0 Å². The van der Waals surface area contributed by atoms with Crippen molar-refractivity contribution in [1.82, 2.24) is 9.97 Å². The van der Waals surface area contributed by atoms with E-state index in [0.29, 0.717) is 17.5 Å². The lowest BCUT2D eigenvalue weighted by Gasteiger charge is -2.17. The average molecular weight is 229 g/mol. The zero-order valence-corrected chi connectivity index (χ0v) is 9.88. The van der Waals surface area contributed by atoms with Crippen LogP contribution in [0.3, 0.4) is 0 Å². The smallest absolute Gasteiger partial charge is 0.224 e. The first-order valence-electron chi connectivity index (χ1n) is 5.21. The number of nitrogen functional groups attached to an aromatic ring is 1. The highest BCUT2D eigenvalue weighted by Crippen LogP contribution is 2.18. The van der Waals surface area contributed by atoms with Gasteiger partial charge in [-0.3, -0.25) is 0 Å².